The molecule has 0 saturated carbocycles. The van der Waals surface area contributed by atoms with E-state index in [2.05, 4.69) is 11.9 Å². The normalized spacial score (nSPS) is 10.8. The Labute approximate surface area is 85.2 Å². The number of hydrogen-bond donors (Lipinski definition) is 1. The number of nitrogen functional groups attached to an aromatic ring is 1. The van der Waals surface area contributed by atoms with Gasteiger partial charge in [0, 0.05) is 5.69 Å². The van der Waals surface area contributed by atoms with E-state index in [1.165, 1.54) is 4.70 Å². The molecule has 0 radical (unpaired) electrons. The standard InChI is InChI=1S/C9H10N2S2/c1-2-12-9-11-7-4-3-6(10)5-8(7)13-9/h3-5H,2,10H2,1H3. The molecular formula is C9H10N2S2. The van der Waals surface area contributed by atoms with Crippen LogP contribution < -0.4 is 5.73 Å². The Bertz CT molecular complexity index is 422. The highest BCUT2D eigenvalue weighted by molar-refractivity contribution is 8.01. The lowest BCUT2D eigenvalue weighted by atomic mass is 10.3. The van der Waals surface area contributed by atoms with E-state index in [4.69, 9.17) is 5.73 Å². The summed E-state index contributed by atoms with van der Waals surface area (Å²) in [5.74, 6) is 1.06. The molecule has 0 fully saturated rings. The molecule has 0 bridgehead atoms. The number of rotatable bonds is 2. The molecular weight excluding hydrogens is 200 g/mol. The lowest BCUT2D eigenvalue weighted by Gasteiger charge is -1.88. The number of thiazole rings is 1. The summed E-state index contributed by atoms with van der Waals surface area (Å²) in [5.41, 5.74) is 7.54. The summed E-state index contributed by atoms with van der Waals surface area (Å²) in [6, 6.07) is 5.84. The van der Waals surface area contributed by atoms with Crippen molar-refractivity contribution < 1.29 is 0 Å². The van der Waals surface area contributed by atoms with Crippen molar-refractivity contribution in [1.82, 2.24) is 4.98 Å². The Morgan fingerprint density at radius 3 is 3.15 bits per heavy atom. The van der Waals surface area contributed by atoms with E-state index in [1.54, 1.807) is 23.1 Å². The molecule has 2 rings (SSSR count). The molecule has 1 aromatic heterocycles. The third kappa shape index (κ3) is 1.78. The zero-order valence-corrected chi connectivity index (χ0v) is 8.91. The van der Waals surface area contributed by atoms with Gasteiger partial charge in [-0.15, -0.1) is 11.3 Å². The van der Waals surface area contributed by atoms with Gasteiger partial charge in [0.25, 0.3) is 0 Å². The highest BCUT2D eigenvalue weighted by Crippen LogP contribution is 2.30. The van der Waals surface area contributed by atoms with Crippen molar-refractivity contribution in [2.45, 2.75) is 11.3 Å². The van der Waals surface area contributed by atoms with Crippen LogP contribution in [-0.4, -0.2) is 10.7 Å². The van der Waals surface area contributed by atoms with Crippen LogP contribution in [0.5, 0.6) is 0 Å². The molecule has 4 heteroatoms. The van der Waals surface area contributed by atoms with Crippen LogP contribution in [0.15, 0.2) is 22.5 Å². The van der Waals surface area contributed by atoms with E-state index < -0.39 is 0 Å². The van der Waals surface area contributed by atoms with Crippen LogP contribution in [-0.2, 0) is 0 Å². The average molecular weight is 210 g/mol. The van der Waals surface area contributed by atoms with Crippen LogP contribution in [0.2, 0.25) is 0 Å². The van der Waals surface area contributed by atoms with Crippen molar-refractivity contribution in [1.29, 1.82) is 0 Å². The maximum absolute atomic E-state index is 5.68. The van der Waals surface area contributed by atoms with Crippen molar-refractivity contribution >= 4 is 39.0 Å². The first kappa shape index (κ1) is 8.84. The van der Waals surface area contributed by atoms with Gasteiger partial charge >= 0.3 is 0 Å². The summed E-state index contributed by atoms with van der Waals surface area (Å²) < 4.78 is 2.30. The summed E-state index contributed by atoms with van der Waals surface area (Å²) in [5, 5.41) is 0. The molecule has 0 aliphatic heterocycles. The van der Waals surface area contributed by atoms with Gasteiger partial charge in [0.2, 0.25) is 0 Å². The predicted molar refractivity (Wildman–Crippen MR) is 60.4 cm³/mol. The Kier molecular flexibility index (Phi) is 2.42. The largest absolute Gasteiger partial charge is 0.399 e. The maximum atomic E-state index is 5.68. The van der Waals surface area contributed by atoms with Gasteiger partial charge in [0.15, 0.2) is 4.34 Å². The molecule has 0 unspecified atom stereocenters. The third-order valence-electron chi connectivity index (χ3n) is 1.66. The molecule has 68 valence electrons. The van der Waals surface area contributed by atoms with Crippen molar-refractivity contribution in [2.24, 2.45) is 0 Å². The van der Waals surface area contributed by atoms with E-state index in [0.29, 0.717) is 0 Å². The number of benzene rings is 1. The third-order valence-corrected chi connectivity index (χ3v) is 3.70. The van der Waals surface area contributed by atoms with E-state index in [-0.39, 0.29) is 0 Å². The molecule has 1 heterocycles. The van der Waals surface area contributed by atoms with E-state index >= 15 is 0 Å². The van der Waals surface area contributed by atoms with E-state index in [0.717, 1.165) is 21.3 Å². The number of thioether (sulfide) groups is 1. The van der Waals surface area contributed by atoms with Crippen molar-refractivity contribution in [3.8, 4) is 0 Å². The number of anilines is 1. The molecule has 2 nitrogen and oxygen atoms in total. The van der Waals surface area contributed by atoms with Gasteiger partial charge in [-0.05, 0) is 24.0 Å². The first-order chi connectivity index (χ1) is 6.29. The average Bonchev–Trinajstić information content (AvgIpc) is 2.46. The quantitative estimate of drug-likeness (QED) is 0.611. The molecule has 1 aromatic carbocycles. The second-order valence-corrected chi connectivity index (χ2v) is 5.18. The highest BCUT2D eigenvalue weighted by Gasteiger charge is 2.02. The van der Waals surface area contributed by atoms with Gasteiger partial charge < -0.3 is 5.73 Å². The Morgan fingerprint density at radius 2 is 2.38 bits per heavy atom. The number of nitrogens with zero attached hydrogens (tertiary/aromatic N) is 1. The number of aromatic nitrogens is 1. The summed E-state index contributed by atoms with van der Waals surface area (Å²) in [6.45, 7) is 2.13. The topological polar surface area (TPSA) is 38.9 Å². The Balaban J connectivity index is 2.49. The molecule has 0 aliphatic carbocycles. The smallest absolute Gasteiger partial charge is 0.151 e. The van der Waals surface area contributed by atoms with Gasteiger partial charge in [-0.1, -0.05) is 18.7 Å². The monoisotopic (exact) mass is 210 g/mol. The molecule has 0 aliphatic rings. The molecule has 13 heavy (non-hydrogen) atoms. The van der Waals surface area contributed by atoms with Crippen molar-refractivity contribution in [3.05, 3.63) is 18.2 Å². The van der Waals surface area contributed by atoms with Crippen LogP contribution in [0.4, 0.5) is 5.69 Å². The minimum atomic E-state index is 0.809. The fourth-order valence-corrected chi connectivity index (χ4v) is 3.12. The minimum Gasteiger partial charge on any atom is -0.399 e. The first-order valence-corrected chi connectivity index (χ1v) is 5.88. The van der Waals surface area contributed by atoms with Crippen molar-refractivity contribution in [3.63, 3.8) is 0 Å². The molecule has 0 saturated heterocycles. The maximum Gasteiger partial charge on any atom is 0.151 e. The Hall–Kier alpha value is -0.740. The summed E-state index contributed by atoms with van der Waals surface area (Å²) in [6.07, 6.45) is 0. The first-order valence-electron chi connectivity index (χ1n) is 4.08. The summed E-state index contributed by atoms with van der Waals surface area (Å²) in [7, 11) is 0. The fourth-order valence-electron chi connectivity index (χ4n) is 1.11. The predicted octanol–water partition coefficient (Wildman–Crippen LogP) is 2.99. The van der Waals surface area contributed by atoms with Crippen LogP contribution in [0.25, 0.3) is 10.2 Å². The lowest BCUT2D eigenvalue weighted by molar-refractivity contribution is 1.30. The van der Waals surface area contributed by atoms with Gasteiger partial charge in [-0.2, -0.15) is 0 Å². The number of nitrogens with two attached hydrogens (primary N) is 1. The van der Waals surface area contributed by atoms with E-state index in [1.807, 2.05) is 18.2 Å². The second kappa shape index (κ2) is 3.55. The summed E-state index contributed by atoms with van der Waals surface area (Å²) in [4.78, 5) is 4.47. The number of hydrogen-bond acceptors (Lipinski definition) is 4. The van der Waals surface area contributed by atoms with Crippen LogP contribution in [0.1, 0.15) is 6.92 Å². The lowest BCUT2D eigenvalue weighted by Crippen LogP contribution is -1.81. The van der Waals surface area contributed by atoms with Gasteiger partial charge in [-0.25, -0.2) is 4.98 Å². The molecule has 0 spiro atoms. The zero-order valence-electron chi connectivity index (χ0n) is 7.28. The molecule has 0 amide bonds. The van der Waals surface area contributed by atoms with E-state index in [9.17, 15) is 0 Å². The molecule has 2 aromatic rings. The van der Waals surface area contributed by atoms with Crippen LogP contribution in [0, 0.1) is 0 Å². The summed E-state index contributed by atoms with van der Waals surface area (Å²) >= 11 is 3.48. The zero-order chi connectivity index (χ0) is 9.26. The minimum absolute atomic E-state index is 0.809. The number of fused-ring (bicyclic) bond motifs is 1. The van der Waals surface area contributed by atoms with Gasteiger partial charge in [0.1, 0.15) is 0 Å². The second-order valence-electron chi connectivity index (χ2n) is 2.64. The van der Waals surface area contributed by atoms with Crippen molar-refractivity contribution in [2.75, 3.05) is 11.5 Å². The van der Waals surface area contributed by atoms with Crippen LogP contribution >= 0.6 is 23.1 Å². The van der Waals surface area contributed by atoms with Gasteiger partial charge in [-0.3, -0.25) is 0 Å². The van der Waals surface area contributed by atoms with Crippen LogP contribution in [0.3, 0.4) is 0 Å². The molecule has 2 N–H and O–H groups in total. The highest BCUT2D eigenvalue weighted by atomic mass is 32.2. The Morgan fingerprint density at radius 1 is 1.54 bits per heavy atom. The molecule has 0 atom stereocenters. The van der Waals surface area contributed by atoms with Gasteiger partial charge in [0.05, 0.1) is 10.2 Å². The fraction of sp³-hybridized carbons (Fsp3) is 0.222. The SMILES string of the molecule is CCSc1nc2ccc(N)cc2s1.